The van der Waals surface area contributed by atoms with Crippen LogP contribution < -0.4 is 10.6 Å². The first kappa shape index (κ1) is 26.0. The topological polar surface area (TPSA) is 89.2 Å². The number of para-hydroxylation sites is 1. The van der Waals surface area contributed by atoms with Gasteiger partial charge in [-0.3, -0.25) is 14.9 Å². The molecule has 1 aliphatic rings. The first-order chi connectivity index (χ1) is 18.4. The lowest BCUT2D eigenvalue weighted by Crippen LogP contribution is -2.42. The lowest BCUT2D eigenvalue weighted by atomic mass is 9.94. The summed E-state index contributed by atoms with van der Waals surface area (Å²) in [6, 6.07) is 17.2. The second-order valence-corrected chi connectivity index (χ2v) is 10.0. The second kappa shape index (κ2) is 11.4. The molecule has 0 unspecified atom stereocenters. The van der Waals surface area contributed by atoms with Gasteiger partial charge in [-0.15, -0.1) is 0 Å². The Morgan fingerprint density at radius 3 is 2.68 bits per heavy atom. The van der Waals surface area contributed by atoms with Crippen LogP contribution in [0.4, 0.5) is 10.6 Å². The number of nitrogens with one attached hydrogen (secondary N) is 2. The standard InChI is InChI=1S/C28H32ClN7O2/c1-19-26(21-15-30-34(2)16-21)33-36(23-10-5-4-6-11-23)27(19)32-28(37)31-25-18-35(12-13-38-3)17-24(25)20-8-7-9-22(29)14-20/h4-11,14-16,24-25H,12-13,17-18H2,1-3H3,(H2,31,32,37)/t24-,25+/m1/s1. The Bertz CT molecular complexity index is 1400. The molecule has 9 nitrogen and oxygen atoms in total. The average molecular weight is 534 g/mol. The third-order valence-electron chi connectivity index (χ3n) is 6.93. The smallest absolute Gasteiger partial charge is 0.320 e. The van der Waals surface area contributed by atoms with Crippen molar-refractivity contribution in [2.24, 2.45) is 7.05 Å². The van der Waals surface area contributed by atoms with Gasteiger partial charge in [0.25, 0.3) is 0 Å². The van der Waals surface area contributed by atoms with Crippen LogP contribution in [-0.2, 0) is 11.8 Å². The van der Waals surface area contributed by atoms with Crippen molar-refractivity contribution in [3.8, 4) is 16.9 Å². The molecule has 2 aromatic carbocycles. The molecule has 10 heteroatoms. The number of nitrogens with zero attached hydrogens (tertiary/aromatic N) is 5. The Morgan fingerprint density at radius 1 is 1.16 bits per heavy atom. The molecular formula is C28H32ClN7O2. The Kier molecular flexibility index (Phi) is 7.78. The van der Waals surface area contributed by atoms with E-state index in [1.165, 1.54) is 0 Å². The molecule has 2 atom stereocenters. The monoisotopic (exact) mass is 533 g/mol. The molecule has 0 radical (unpaired) electrons. The van der Waals surface area contributed by atoms with E-state index in [1.54, 1.807) is 22.7 Å². The van der Waals surface area contributed by atoms with Crippen molar-refractivity contribution in [2.45, 2.75) is 18.9 Å². The van der Waals surface area contributed by atoms with Crippen molar-refractivity contribution in [1.29, 1.82) is 0 Å². The Morgan fingerprint density at radius 2 is 1.97 bits per heavy atom. The van der Waals surface area contributed by atoms with E-state index in [1.807, 2.05) is 68.7 Å². The van der Waals surface area contributed by atoms with Crippen molar-refractivity contribution in [3.05, 3.63) is 83.1 Å². The zero-order valence-electron chi connectivity index (χ0n) is 21.8. The molecule has 2 amide bonds. The number of hydrogen-bond donors (Lipinski definition) is 2. The molecule has 1 aliphatic heterocycles. The molecule has 0 spiro atoms. The van der Waals surface area contributed by atoms with Gasteiger partial charge in [-0.25, -0.2) is 9.48 Å². The average Bonchev–Trinajstić information content (AvgIpc) is 3.61. The summed E-state index contributed by atoms with van der Waals surface area (Å²) in [7, 11) is 3.57. The van der Waals surface area contributed by atoms with Gasteiger partial charge in [0.05, 0.1) is 24.5 Å². The summed E-state index contributed by atoms with van der Waals surface area (Å²) in [5.74, 6) is 0.712. The van der Waals surface area contributed by atoms with Gasteiger partial charge in [-0.2, -0.15) is 10.2 Å². The highest BCUT2D eigenvalue weighted by molar-refractivity contribution is 6.30. The van der Waals surface area contributed by atoms with Crippen molar-refractivity contribution in [1.82, 2.24) is 29.8 Å². The largest absolute Gasteiger partial charge is 0.383 e. The zero-order valence-corrected chi connectivity index (χ0v) is 22.5. The molecule has 4 aromatic rings. The lowest BCUT2D eigenvalue weighted by molar-refractivity contribution is 0.159. The van der Waals surface area contributed by atoms with E-state index >= 15 is 0 Å². The zero-order chi connectivity index (χ0) is 26.6. The number of aromatic nitrogens is 4. The summed E-state index contributed by atoms with van der Waals surface area (Å²) < 4.78 is 8.80. The second-order valence-electron chi connectivity index (χ2n) is 9.59. The number of methoxy groups -OCH3 is 1. The summed E-state index contributed by atoms with van der Waals surface area (Å²) in [5.41, 5.74) is 4.46. The fraction of sp³-hybridized carbons (Fsp3) is 0.321. The van der Waals surface area contributed by atoms with Crippen molar-refractivity contribution < 1.29 is 9.53 Å². The third-order valence-corrected chi connectivity index (χ3v) is 7.17. The van der Waals surface area contributed by atoms with E-state index in [9.17, 15) is 4.79 Å². The van der Waals surface area contributed by atoms with Gasteiger partial charge in [-0.1, -0.05) is 41.9 Å². The lowest BCUT2D eigenvalue weighted by Gasteiger charge is -2.21. The predicted octanol–water partition coefficient (Wildman–Crippen LogP) is 4.47. The number of hydrogen-bond acceptors (Lipinski definition) is 5. The number of amides is 2. The predicted molar refractivity (Wildman–Crippen MR) is 149 cm³/mol. The third kappa shape index (κ3) is 5.60. The van der Waals surface area contributed by atoms with E-state index in [4.69, 9.17) is 21.4 Å². The van der Waals surface area contributed by atoms with Crippen LogP contribution in [0.3, 0.4) is 0 Å². The summed E-state index contributed by atoms with van der Waals surface area (Å²) in [5, 5.41) is 16.2. The number of ether oxygens (including phenoxy) is 1. The molecule has 2 aromatic heterocycles. The molecule has 3 heterocycles. The van der Waals surface area contributed by atoms with Crippen LogP contribution in [0.15, 0.2) is 67.0 Å². The van der Waals surface area contributed by atoms with Crippen molar-refractivity contribution >= 4 is 23.4 Å². The van der Waals surface area contributed by atoms with Crippen LogP contribution in [0, 0.1) is 6.92 Å². The summed E-state index contributed by atoms with van der Waals surface area (Å²) in [6.07, 6.45) is 3.69. The van der Waals surface area contributed by atoms with Gasteiger partial charge in [0.2, 0.25) is 0 Å². The fourth-order valence-corrected chi connectivity index (χ4v) is 5.24. The Labute approximate surface area is 227 Å². The van der Waals surface area contributed by atoms with Crippen LogP contribution in [0.5, 0.6) is 0 Å². The minimum atomic E-state index is -0.284. The molecular weight excluding hydrogens is 502 g/mol. The number of carbonyl (C=O) groups excluding carboxylic acids is 1. The number of urea groups is 1. The molecule has 0 aliphatic carbocycles. The van der Waals surface area contributed by atoms with Crippen molar-refractivity contribution in [3.63, 3.8) is 0 Å². The normalized spacial score (nSPS) is 17.6. The van der Waals surface area contributed by atoms with E-state index in [2.05, 4.69) is 26.7 Å². The van der Waals surface area contributed by atoms with E-state index in [0.29, 0.717) is 24.0 Å². The number of aryl methyl sites for hydroxylation is 1. The van der Waals surface area contributed by atoms with Gasteiger partial charge in [0.1, 0.15) is 11.5 Å². The number of benzene rings is 2. The maximum atomic E-state index is 13.5. The fourth-order valence-electron chi connectivity index (χ4n) is 5.04. The molecule has 1 fully saturated rings. The van der Waals surface area contributed by atoms with Gasteiger partial charge < -0.3 is 10.1 Å². The van der Waals surface area contributed by atoms with Gasteiger partial charge in [0.15, 0.2) is 0 Å². The van der Waals surface area contributed by atoms with Crippen LogP contribution >= 0.6 is 11.6 Å². The first-order valence-corrected chi connectivity index (χ1v) is 13.0. The highest BCUT2D eigenvalue weighted by atomic mass is 35.5. The minimum Gasteiger partial charge on any atom is -0.383 e. The molecule has 2 N–H and O–H groups in total. The van der Waals surface area contributed by atoms with Gasteiger partial charge >= 0.3 is 6.03 Å². The summed E-state index contributed by atoms with van der Waals surface area (Å²) >= 11 is 6.30. The minimum absolute atomic E-state index is 0.0994. The molecule has 198 valence electrons. The quantitative estimate of drug-likeness (QED) is 0.349. The summed E-state index contributed by atoms with van der Waals surface area (Å²) in [4.78, 5) is 15.8. The molecule has 0 bridgehead atoms. The molecule has 1 saturated heterocycles. The molecule has 38 heavy (non-hydrogen) atoms. The highest BCUT2D eigenvalue weighted by Crippen LogP contribution is 2.32. The van der Waals surface area contributed by atoms with Crippen LogP contribution in [-0.4, -0.2) is 69.9 Å². The van der Waals surface area contributed by atoms with Crippen LogP contribution in [0.25, 0.3) is 16.9 Å². The van der Waals surface area contributed by atoms with E-state index < -0.39 is 0 Å². The Hall–Kier alpha value is -3.66. The SMILES string of the molecule is COCCN1C[C@H](NC(=O)Nc2c(C)c(-c3cnn(C)c3)nn2-c2ccccc2)[C@@H](c2cccc(Cl)c2)C1. The van der Waals surface area contributed by atoms with Crippen molar-refractivity contribution in [2.75, 3.05) is 38.7 Å². The van der Waals surface area contributed by atoms with E-state index in [-0.39, 0.29) is 18.0 Å². The number of carbonyl (C=O) groups is 1. The van der Waals surface area contributed by atoms with E-state index in [0.717, 1.165) is 41.2 Å². The summed E-state index contributed by atoms with van der Waals surface area (Å²) in [6.45, 7) is 4.91. The number of halogens is 1. The number of anilines is 1. The Balaban J connectivity index is 1.41. The molecule has 0 saturated carbocycles. The van der Waals surface area contributed by atoms with Gasteiger partial charge in [-0.05, 0) is 36.8 Å². The number of rotatable bonds is 8. The van der Waals surface area contributed by atoms with Crippen LogP contribution in [0.1, 0.15) is 17.0 Å². The maximum absolute atomic E-state index is 13.5. The first-order valence-electron chi connectivity index (χ1n) is 12.6. The molecule has 5 rings (SSSR count). The maximum Gasteiger partial charge on any atom is 0.320 e. The highest BCUT2D eigenvalue weighted by Gasteiger charge is 2.35. The number of likely N-dealkylation sites (tertiary alicyclic amines) is 1. The van der Waals surface area contributed by atoms with Gasteiger partial charge in [0, 0.05) is 62.1 Å². The van der Waals surface area contributed by atoms with Crippen LogP contribution in [0.2, 0.25) is 5.02 Å².